The Morgan fingerprint density at radius 2 is 1.73 bits per heavy atom. The lowest BCUT2D eigenvalue weighted by Crippen LogP contribution is -2.49. The molecule has 0 aliphatic heterocycles. The van der Waals surface area contributed by atoms with E-state index < -0.39 is 15.7 Å². The lowest BCUT2D eigenvalue weighted by Gasteiger charge is -2.32. The van der Waals surface area contributed by atoms with Crippen LogP contribution in [0.3, 0.4) is 0 Å². The standard InChI is InChI=1S/C6H10F3IO/c1-4(10)5(2,11-3)6(7,8)9/h4H,1-3H3. The van der Waals surface area contributed by atoms with Gasteiger partial charge in [0.15, 0.2) is 5.60 Å². The Balaban J connectivity index is 4.61. The van der Waals surface area contributed by atoms with Crippen molar-refractivity contribution in [3.05, 3.63) is 0 Å². The third kappa shape index (κ3) is 2.21. The first-order valence-electron chi connectivity index (χ1n) is 3.01. The van der Waals surface area contributed by atoms with Gasteiger partial charge in [0.25, 0.3) is 0 Å². The molecular formula is C6H10F3IO. The molecule has 0 radical (unpaired) electrons. The van der Waals surface area contributed by atoms with Gasteiger partial charge in [-0.15, -0.1) is 0 Å². The molecule has 0 spiro atoms. The first-order valence-corrected chi connectivity index (χ1v) is 4.26. The van der Waals surface area contributed by atoms with Crippen molar-refractivity contribution >= 4 is 22.6 Å². The molecule has 5 heteroatoms. The zero-order valence-corrected chi connectivity index (χ0v) is 8.65. The Hall–Kier alpha value is 0.480. The first kappa shape index (κ1) is 11.5. The fraction of sp³-hybridized carbons (Fsp3) is 1.00. The van der Waals surface area contributed by atoms with E-state index in [1.165, 1.54) is 6.92 Å². The molecule has 0 saturated heterocycles. The maximum Gasteiger partial charge on any atom is 0.418 e. The van der Waals surface area contributed by atoms with E-state index in [1.807, 2.05) is 0 Å². The van der Waals surface area contributed by atoms with Gasteiger partial charge in [0.2, 0.25) is 0 Å². The van der Waals surface area contributed by atoms with Crippen LogP contribution in [0.15, 0.2) is 0 Å². The third-order valence-corrected chi connectivity index (χ3v) is 2.93. The Morgan fingerprint density at radius 1 is 1.36 bits per heavy atom. The highest BCUT2D eigenvalue weighted by Crippen LogP contribution is 2.38. The molecule has 2 unspecified atom stereocenters. The van der Waals surface area contributed by atoms with Crippen LogP contribution in [0.5, 0.6) is 0 Å². The monoisotopic (exact) mass is 282 g/mol. The molecule has 0 N–H and O–H groups in total. The van der Waals surface area contributed by atoms with Gasteiger partial charge >= 0.3 is 6.18 Å². The van der Waals surface area contributed by atoms with Gasteiger partial charge in [-0.2, -0.15) is 13.2 Å². The van der Waals surface area contributed by atoms with Crippen molar-refractivity contribution in [2.45, 2.75) is 29.5 Å². The summed E-state index contributed by atoms with van der Waals surface area (Å²) < 4.78 is 40.5. The average molecular weight is 282 g/mol. The van der Waals surface area contributed by atoms with Crippen LogP contribution in [-0.2, 0) is 4.74 Å². The molecule has 0 aliphatic rings. The van der Waals surface area contributed by atoms with E-state index in [1.54, 1.807) is 22.6 Å². The Labute approximate surface area is 77.4 Å². The Bertz CT molecular complexity index is 134. The van der Waals surface area contributed by atoms with Crippen LogP contribution >= 0.6 is 22.6 Å². The summed E-state index contributed by atoms with van der Waals surface area (Å²) in [6.45, 7) is 2.52. The van der Waals surface area contributed by atoms with E-state index >= 15 is 0 Å². The molecule has 11 heavy (non-hydrogen) atoms. The largest absolute Gasteiger partial charge is 0.418 e. The van der Waals surface area contributed by atoms with Gasteiger partial charge in [-0.25, -0.2) is 0 Å². The average Bonchev–Trinajstić information content (AvgIpc) is 1.83. The number of rotatable bonds is 2. The summed E-state index contributed by atoms with van der Waals surface area (Å²) in [5.74, 6) is 0. The number of alkyl halides is 4. The van der Waals surface area contributed by atoms with E-state index in [9.17, 15) is 13.2 Å². The van der Waals surface area contributed by atoms with Crippen LogP contribution in [0.25, 0.3) is 0 Å². The first-order chi connectivity index (χ1) is 4.75. The van der Waals surface area contributed by atoms with Crippen molar-refractivity contribution in [3.63, 3.8) is 0 Å². The van der Waals surface area contributed by atoms with E-state index in [0.29, 0.717) is 0 Å². The molecule has 0 rings (SSSR count). The molecule has 0 aromatic heterocycles. The number of methoxy groups -OCH3 is 1. The molecular weight excluding hydrogens is 272 g/mol. The van der Waals surface area contributed by atoms with Gasteiger partial charge in [-0.3, -0.25) is 0 Å². The fourth-order valence-corrected chi connectivity index (χ4v) is 1.11. The van der Waals surface area contributed by atoms with Crippen molar-refractivity contribution in [2.24, 2.45) is 0 Å². The van der Waals surface area contributed by atoms with Crippen LogP contribution in [0.4, 0.5) is 13.2 Å². The second-order valence-corrected chi connectivity index (χ2v) is 4.29. The smallest absolute Gasteiger partial charge is 0.368 e. The summed E-state index contributed by atoms with van der Waals surface area (Å²) in [4.78, 5) is 0. The molecule has 0 saturated carbocycles. The molecule has 0 aliphatic carbocycles. The number of ether oxygens (including phenoxy) is 1. The third-order valence-electron chi connectivity index (χ3n) is 1.75. The molecule has 0 heterocycles. The molecule has 68 valence electrons. The summed E-state index contributed by atoms with van der Waals surface area (Å²) in [6, 6.07) is 0. The predicted molar refractivity (Wildman–Crippen MR) is 45.0 cm³/mol. The highest BCUT2D eigenvalue weighted by atomic mass is 127. The second kappa shape index (κ2) is 3.47. The summed E-state index contributed by atoms with van der Waals surface area (Å²) in [5, 5.41) is 0. The fourth-order valence-electron chi connectivity index (χ4n) is 0.504. The normalized spacial score (nSPS) is 21.0. The summed E-state index contributed by atoms with van der Waals surface area (Å²) >= 11 is 1.70. The van der Waals surface area contributed by atoms with Gasteiger partial charge in [-0.1, -0.05) is 29.5 Å². The van der Waals surface area contributed by atoms with E-state index in [0.717, 1.165) is 14.0 Å². The Kier molecular flexibility index (Phi) is 3.62. The number of hydrogen-bond acceptors (Lipinski definition) is 1. The molecule has 2 atom stereocenters. The van der Waals surface area contributed by atoms with Crippen LogP contribution in [0, 0.1) is 0 Å². The predicted octanol–water partition coefficient (Wildman–Crippen LogP) is 2.78. The van der Waals surface area contributed by atoms with Crippen LogP contribution in [-0.4, -0.2) is 22.8 Å². The topological polar surface area (TPSA) is 9.23 Å². The van der Waals surface area contributed by atoms with Gasteiger partial charge in [0.05, 0.1) is 0 Å². The zero-order chi connectivity index (χ0) is 9.28. The van der Waals surface area contributed by atoms with Crippen molar-refractivity contribution in [2.75, 3.05) is 7.11 Å². The molecule has 0 aromatic rings. The van der Waals surface area contributed by atoms with Gasteiger partial charge in [-0.05, 0) is 6.92 Å². The quantitative estimate of drug-likeness (QED) is 0.559. The minimum Gasteiger partial charge on any atom is -0.368 e. The van der Waals surface area contributed by atoms with Crippen LogP contribution < -0.4 is 0 Å². The highest BCUT2D eigenvalue weighted by Gasteiger charge is 2.54. The lowest BCUT2D eigenvalue weighted by molar-refractivity contribution is -0.259. The van der Waals surface area contributed by atoms with Crippen molar-refractivity contribution in [3.8, 4) is 0 Å². The number of halogens is 4. The molecule has 0 bridgehead atoms. The van der Waals surface area contributed by atoms with Crippen LogP contribution in [0.2, 0.25) is 0 Å². The minimum atomic E-state index is -4.30. The van der Waals surface area contributed by atoms with Crippen molar-refractivity contribution in [1.29, 1.82) is 0 Å². The zero-order valence-electron chi connectivity index (χ0n) is 6.50. The number of hydrogen-bond donors (Lipinski definition) is 0. The van der Waals surface area contributed by atoms with Crippen molar-refractivity contribution in [1.82, 2.24) is 0 Å². The van der Waals surface area contributed by atoms with E-state index in [4.69, 9.17) is 0 Å². The van der Waals surface area contributed by atoms with Crippen molar-refractivity contribution < 1.29 is 17.9 Å². The van der Waals surface area contributed by atoms with Gasteiger partial charge in [0, 0.05) is 11.0 Å². The molecule has 0 fully saturated rings. The summed E-state index contributed by atoms with van der Waals surface area (Å²) in [6.07, 6.45) is -4.30. The van der Waals surface area contributed by atoms with Gasteiger partial charge in [0.1, 0.15) is 0 Å². The van der Waals surface area contributed by atoms with E-state index in [-0.39, 0.29) is 0 Å². The summed E-state index contributed by atoms with van der Waals surface area (Å²) in [7, 11) is 1.07. The van der Waals surface area contributed by atoms with Crippen LogP contribution in [0.1, 0.15) is 13.8 Å². The maximum atomic E-state index is 12.2. The molecule has 1 nitrogen and oxygen atoms in total. The lowest BCUT2D eigenvalue weighted by atomic mass is 10.0. The van der Waals surface area contributed by atoms with E-state index in [2.05, 4.69) is 4.74 Å². The Morgan fingerprint density at radius 3 is 1.73 bits per heavy atom. The SMILES string of the molecule is COC(C)(C(C)I)C(F)(F)F. The minimum absolute atomic E-state index is 0.606. The highest BCUT2D eigenvalue weighted by molar-refractivity contribution is 14.1. The molecule has 0 aromatic carbocycles. The maximum absolute atomic E-state index is 12.2. The second-order valence-electron chi connectivity index (χ2n) is 2.42. The summed E-state index contributed by atoms with van der Waals surface area (Å²) in [5.41, 5.74) is -2.03. The van der Waals surface area contributed by atoms with Gasteiger partial charge < -0.3 is 4.74 Å². The molecule has 0 amide bonds.